The summed E-state index contributed by atoms with van der Waals surface area (Å²) in [6.45, 7) is 5.31. The number of amides is 1. The minimum Gasteiger partial charge on any atom is -0.497 e. The molecule has 2 aromatic carbocycles. The summed E-state index contributed by atoms with van der Waals surface area (Å²) in [7, 11) is 1.62. The number of ether oxygens (including phenoxy) is 1. The van der Waals surface area contributed by atoms with Crippen LogP contribution >= 0.6 is 0 Å². The average Bonchev–Trinajstić information content (AvgIpc) is 2.98. The Hall–Kier alpha value is -2.82. The molecule has 0 fully saturated rings. The zero-order valence-corrected chi connectivity index (χ0v) is 14.9. The molecule has 0 saturated heterocycles. The molecule has 0 saturated carbocycles. The summed E-state index contributed by atoms with van der Waals surface area (Å²) < 4.78 is 7.20. The predicted octanol–water partition coefficient (Wildman–Crippen LogP) is 3.69. The van der Waals surface area contributed by atoms with Gasteiger partial charge in [-0.2, -0.15) is 5.10 Å². The number of methoxy groups -OCH3 is 1. The van der Waals surface area contributed by atoms with Crippen LogP contribution < -0.4 is 10.1 Å². The highest BCUT2D eigenvalue weighted by Crippen LogP contribution is 2.20. The summed E-state index contributed by atoms with van der Waals surface area (Å²) in [5.41, 5.74) is 3.54. The molecule has 130 valence electrons. The predicted molar refractivity (Wildman–Crippen MR) is 98.9 cm³/mol. The molecule has 0 radical (unpaired) electrons. The number of aromatic nitrogens is 2. The summed E-state index contributed by atoms with van der Waals surface area (Å²) in [6, 6.07) is 13.6. The van der Waals surface area contributed by atoms with Gasteiger partial charge in [-0.05, 0) is 43.2 Å². The van der Waals surface area contributed by atoms with Gasteiger partial charge in [0, 0.05) is 17.5 Å². The van der Waals surface area contributed by atoms with Crippen LogP contribution in [0.3, 0.4) is 0 Å². The third-order valence-corrected chi connectivity index (χ3v) is 4.26. The second-order valence-electron chi connectivity index (χ2n) is 6.05. The van der Waals surface area contributed by atoms with Crippen LogP contribution in [0.2, 0.25) is 0 Å². The Labute approximate surface area is 147 Å². The van der Waals surface area contributed by atoms with Crippen LogP contribution in [-0.2, 0) is 13.1 Å². The van der Waals surface area contributed by atoms with E-state index in [0.29, 0.717) is 12.1 Å². The second kappa shape index (κ2) is 7.38. The molecule has 0 unspecified atom stereocenters. The molecule has 0 aliphatic rings. The number of benzene rings is 2. The van der Waals surface area contributed by atoms with E-state index >= 15 is 0 Å². The van der Waals surface area contributed by atoms with Gasteiger partial charge in [0.05, 0.1) is 24.9 Å². The van der Waals surface area contributed by atoms with Gasteiger partial charge in [0.1, 0.15) is 5.75 Å². The number of nitrogens with zero attached hydrogens (tertiary/aromatic N) is 2. The summed E-state index contributed by atoms with van der Waals surface area (Å²) in [4.78, 5) is 12.5. The SMILES string of the molecule is CCCn1nc(CNC(=O)c2ccc(OC)cc2C)c2ccccc21. The first-order valence-corrected chi connectivity index (χ1v) is 8.51. The van der Waals surface area contributed by atoms with Crippen molar-refractivity contribution in [3.8, 4) is 5.75 Å². The zero-order chi connectivity index (χ0) is 17.8. The minimum absolute atomic E-state index is 0.103. The van der Waals surface area contributed by atoms with E-state index in [-0.39, 0.29) is 5.91 Å². The lowest BCUT2D eigenvalue weighted by Gasteiger charge is -2.08. The van der Waals surface area contributed by atoms with E-state index < -0.39 is 0 Å². The Kier molecular flexibility index (Phi) is 5.03. The molecule has 1 aromatic heterocycles. The van der Waals surface area contributed by atoms with Gasteiger partial charge in [0.2, 0.25) is 0 Å². The molecular formula is C20H23N3O2. The molecule has 3 aromatic rings. The summed E-state index contributed by atoms with van der Waals surface area (Å²) in [6.07, 6.45) is 1.02. The Morgan fingerprint density at radius 2 is 2.04 bits per heavy atom. The van der Waals surface area contributed by atoms with Crippen molar-refractivity contribution in [3.05, 3.63) is 59.3 Å². The van der Waals surface area contributed by atoms with Crippen molar-refractivity contribution in [2.75, 3.05) is 7.11 Å². The molecule has 0 aliphatic carbocycles. The fourth-order valence-electron chi connectivity index (χ4n) is 2.99. The minimum atomic E-state index is -0.103. The molecule has 0 bridgehead atoms. The van der Waals surface area contributed by atoms with E-state index in [4.69, 9.17) is 4.74 Å². The highest BCUT2D eigenvalue weighted by molar-refractivity contribution is 5.96. The number of carbonyl (C=O) groups excluding carboxylic acids is 1. The van der Waals surface area contributed by atoms with E-state index in [9.17, 15) is 4.79 Å². The fourth-order valence-corrected chi connectivity index (χ4v) is 2.99. The van der Waals surface area contributed by atoms with Crippen molar-refractivity contribution in [3.63, 3.8) is 0 Å². The molecule has 3 rings (SSSR count). The molecule has 0 atom stereocenters. The quantitative estimate of drug-likeness (QED) is 0.746. The first kappa shape index (κ1) is 17.0. The molecule has 25 heavy (non-hydrogen) atoms. The lowest BCUT2D eigenvalue weighted by atomic mass is 10.1. The van der Waals surface area contributed by atoms with Gasteiger partial charge in [-0.1, -0.05) is 25.1 Å². The molecule has 0 aliphatic heterocycles. The number of hydrogen-bond donors (Lipinski definition) is 1. The second-order valence-corrected chi connectivity index (χ2v) is 6.05. The third-order valence-electron chi connectivity index (χ3n) is 4.26. The van der Waals surface area contributed by atoms with Crippen LogP contribution in [0.15, 0.2) is 42.5 Å². The van der Waals surface area contributed by atoms with Gasteiger partial charge in [-0.25, -0.2) is 0 Å². The van der Waals surface area contributed by atoms with Crippen LogP contribution in [-0.4, -0.2) is 22.8 Å². The first-order chi connectivity index (χ1) is 12.1. The van der Waals surface area contributed by atoms with Crippen molar-refractivity contribution < 1.29 is 9.53 Å². The highest BCUT2D eigenvalue weighted by Gasteiger charge is 2.13. The topological polar surface area (TPSA) is 56.2 Å². The van der Waals surface area contributed by atoms with Crippen LogP contribution in [0.5, 0.6) is 5.75 Å². The Morgan fingerprint density at radius 3 is 2.76 bits per heavy atom. The third kappa shape index (κ3) is 3.50. The van der Waals surface area contributed by atoms with E-state index in [0.717, 1.165) is 40.9 Å². The molecule has 5 nitrogen and oxygen atoms in total. The fraction of sp³-hybridized carbons (Fsp3) is 0.300. The van der Waals surface area contributed by atoms with Crippen molar-refractivity contribution in [1.29, 1.82) is 0 Å². The van der Waals surface area contributed by atoms with Crippen molar-refractivity contribution in [1.82, 2.24) is 15.1 Å². The zero-order valence-electron chi connectivity index (χ0n) is 14.9. The molecule has 1 N–H and O–H groups in total. The van der Waals surface area contributed by atoms with Crippen LogP contribution in [0.4, 0.5) is 0 Å². The van der Waals surface area contributed by atoms with Gasteiger partial charge in [0.15, 0.2) is 0 Å². The van der Waals surface area contributed by atoms with Crippen molar-refractivity contribution in [2.24, 2.45) is 0 Å². The largest absolute Gasteiger partial charge is 0.497 e. The molecular weight excluding hydrogens is 314 g/mol. The summed E-state index contributed by atoms with van der Waals surface area (Å²) in [5, 5.41) is 8.75. The smallest absolute Gasteiger partial charge is 0.251 e. The highest BCUT2D eigenvalue weighted by atomic mass is 16.5. The van der Waals surface area contributed by atoms with Gasteiger partial charge in [0.25, 0.3) is 5.91 Å². The molecule has 5 heteroatoms. The van der Waals surface area contributed by atoms with Crippen molar-refractivity contribution in [2.45, 2.75) is 33.4 Å². The number of para-hydroxylation sites is 1. The van der Waals surface area contributed by atoms with Crippen LogP contribution in [0.1, 0.15) is 35.0 Å². The number of nitrogens with one attached hydrogen (secondary N) is 1. The normalized spacial score (nSPS) is 10.8. The first-order valence-electron chi connectivity index (χ1n) is 8.51. The van der Waals surface area contributed by atoms with Gasteiger partial charge in [-0.15, -0.1) is 0 Å². The van der Waals surface area contributed by atoms with Crippen LogP contribution in [0, 0.1) is 6.92 Å². The molecule has 1 amide bonds. The maximum Gasteiger partial charge on any atom is 0.251 e. The Bertz CT molecular complexity index is 899. The van der Waals surface area contributed by atoms with E-state index in [1.807, 2.05) is 29.8 Å². The number of hydrogen-bond acceptors (Lipinski definition) is 3. The maximum atomic E-state index is 12.5. The monoisotopic (exact) mass is 337 g/mol. The van der Waals surface area contributed by atoms with E-state index in [2.05, 4.69) is 29.5 Å². The van der Waals surface area contributed by atoms with Gasteiger partial charge >= 0.3 is 0 Å². The average molecular weight is 337 g/mol. The lowest BCUT2D eigenvalue weighted by Crippen LogP contribution is -2.24. The molecule has 1 heterocycles. The Balaban J connectivity index is 1.79. The standard InChI is InChI=1S/C20H23N3O2/c1-4-11-23-19-8-6-5-7-17(19)18(22-23)13-21-20(24)16-10-9-15(25-3)12-14(16)2/h5-10,12H,4,11,13H2,1-3H3,(H,21,24). The lowest BCUT2D eigenvalue weighted by molar-refractivity contribution is 0.0950. The van der Waals surface area contributed by atoms with Crippen LogP contribution in [0.25, 0.3) is 10.9 Å². The van der Waals surface area contributed by atoms with Gasteiger partial charge < -0.3 is 10.1 Å². The van der Waals surface area contributed by atoms with Crippen molar-refractivity contribution >= 4 is 16.8 Å². The number of fused-ring (bicyclic) bond motifs is 1. The number of aryl methyl sites for hydroxylation is 2. The summed E-state index contributed by atoms with van der Waals surface area (Å²) in [5.74, 6) is 0.646. The van der Waals surface area contributed by atoms with Gasteiger partial charge in [-0.3, -0.25) is 9.48 Å². The van der Waals surface area contributed by atoms with E-state index in [1.54, 1.807) is 19.2 Å². The van der Waals surface area contributed by atoms with E-state index in [1.165, 1.54) is 0 Å². The number of rotatable bonds is 6. The summed E-state index contributed by atoms with van der Waals surface area (Å²) >= 11 is 0. The Morgan fingerprint density at radius 1 is 1.24 bits per heavy atom. The molecule has 0 spiro atoms. The number of carbonyl (C=O) groups is 1. The maximum absolute atomic E-state index is 12.5.